The Labute approximate surface area is 133 Å². The van der Waals surface area contributed by atoms with Crippen molar-refractivity contribution in [2.75, 3.05) is 5.32 Å². The second-order valence-electron chi connectivity index (χ2n) is 3.82. The Hall–Kier alpha value is -1.37. The third kappa shape index (κ3) is 4.30. The van der Waals surface area contributed by atoms with Crippen LogP contribution in [0.5, 0.6) is 0 Å². The van der Waals surface area contributed by atoms with E-state index in [1.54, 1.807) is 6.07 Å². The molecule has 1 N–H and O–H groups in total. The molecule has 0 saturated heterocycles. The van der Waals surface area contributed by atoms with Gasteiger partial charge in [-0.15, -0.1) is 0 Å². The maximum atomic E-state index is 12.4. The van der Waals surface area contributed by atoms with Crippen molar-refractivity contribution in [3.8, 4) is 0 Å². The Balaban J connectivity index is 2.22. The summed E-state index contributed by atoms with van der Waals surface area (Å²) in [6.07, 6.45) is 1.35. The first-order valence-electron chi connectivity index (χ1n) is 5.63. The molecule has 2 aromatic rings. The number of aromatic nitrogens is 1. The number of nitrogens with zero attached hydrogens (tertiary/aromatic N) is 1. The molecular weight excluding hydrogens is 341 g/mol. The fourth-order valence-corrected chi connectivity index (χ4v) is 2.39. The summed E-state index contributed by atoms with van der Waals surface area (Å²) in [5, 5.41) is 3.15. The van der Waals surface area contributed by atoms with Crippen LogP contribution in [0.1, 0.15) is 10.4 Å². The highest BCUT2D eigenvalue weighted by Gasteiger charge is 2.17. The zero-order valence-corrected chi connectivity index (χ0v) is 12.6. The highest BCUT2D eigenvalue weighted by atomic mass is 35.5. The summed E-state index contributed by atoms with van der Waals surface area (Å²) < 4.78 is 24.9. The van der Waals surface area contributed by atoms with Crippen LogP contribution >= 0.6 is 35.0 Å². The number of halogens is 4. The maximum Gasteiger partial charge on any atom is 0.290 e. The van der Waals surface area contributed by atoms with E-state index in [0.717, 1.165) is 0 Å². The predicted molar refractivity (Wildman–Crippen MR) is 80.5 cm³/mol. The van der Waals surface area contributed by atoms with Crippen LogP contribution in [0.4, 0.5) is 14.5 Å². The van der Waals surface area contributed by atoms with E-state index in [1.807, 2.05) is 0 Å². The smallest absolute Gasteiger partial charge is 0.290 e. The standard InChI is InChI=1S/C13H8Cl2F2N2OS/c14-9-4-3-7(6-10(9)15)19-11(20)8-2-1-5-18-12(8)21-13(16)17/h1-6,13H,(H,19,20). The number of hydrogen-bond donors (Lipinski definition) is 1. The van der Waals surface area contributed by atoms with Gasteiger partial charge in [-0.1, -0.05) is 23.2 Å². The molecule has 0 spiro atoms. The van der Waals surface area contributed by atoms with Gasteiger partial charge < -0.3 is 5.32 Å². The molecule has 1 aromatic heterocycles. The molecule has 0 unspecified atom stereocenters. The zero-order valence-electron chi connectivity index (χ0n) is 10.3. The number of benzene rings is 1. The van der Waals surface area contributed by atoms with Crippen LogP contribution in [0.25, 0.3) is 0 Å². The van der Waals surface area contributed by atoms with Gasteiger partial charge in [0.2, 0.25) is 0 Å². The predicted octanol–water partition coefficient (Wildman–Crippen LogP) is 4.96. The summed E-state index contributed by atoms with van der Waals surface area (Å²) in [7, 11) is 0. The number of rotatable bonds is 4. The van der Waals surface area contributed by atoms with E-state index in [-0.39, 0.29) is 27.4 Å². The SMILES string of the molecule is O=C(Nc1ccc(Cl)c(Cl)c1)c1cccnc1SC(F)F. The molecule has 0 aliphatic rings. The summed E-state index contributed by atoms with van der Waals surface area (Å²) in [5.41, 5.74) is 0.472. The molecule has 0 radical (unpaired) electrons. The zero-order chi connectivity index (χ0) is 15.4. The van der Waals surface area contributed by atoms with Gasteiger partial charge in [0.25, 0.3) is 11.7 Å². The molecule has 2 rings (SSSR count). The minimum absolute atomic E-state index is 0.0370. The second kappa shape index (κ2) is 7.06. The Morgan fingerprint density at radius 1 is 1.24 bits per heavy atom. The van der Waals surface area contributed by atoms with Gasteiger partial charge in [0.1, 0.15) is 5.03 Å². The highest BCUT2D eigenvalue weighted by molar-refractivity contribution is 7.99. The summed E-state index contributed by atoms with van der Waals surface area (Å²) in [6, 6.07) is 7.47. The fraction of sp³-hybridized carbons (Fsp3) is 0.0769. The number of thioether (sulfide) groups is 1. The van der Waals surface area contributed by atoms with E-state index in [0.29, 0.717) is 10.7 Å². The van der Waals surface area contributed by atoms with Gasteiger partial charge in [-0.25, -0.2) is 4.98 Å². The van der Waals surface area contributed by atoms with Crippen LogP contribution < -0.4 is 5.32 Å². The van der Waals surface area contributed by atoms with Gasteiger partial charge in [0, 0.05) is 11.9 Å². The van der Waals surface area contributed by atoms with Crippen LogP contribution in [0.3, 0.4) is 0 Å². The van der Waals surface area contributed by atoms with E-state index in [9.17, 15) is 13.6 Å². The molecule has 0 aliphatic carbocycles. The Bertz CT molecular complexity index is 670. The van der Waals surface area contributed by atoms with Gasteiger partial charge in [-0.3, -0.25) is 4.79 Å². The lowest BCUT2D eigenvalue weighted by Gasteiger charge is -2.09. The van der Waals surface area contributed by atoms with Crippen LogP contribution in [-0.4, -0.2) is 16.6 Å². The monoisotopic (exact) mass is 348 g/mol. The first-order valence-corrected chi connectivity index (χ1v) is 7.27. The van der Waals surface area contributed by atoms with Gasteiger partial charge in [0.15, 0.2) is 0 Å². The molecule has 110 valence electrons. The maximum absolute atomic E-state index is 12.4. The van der Waals surface area contributed by atoms with Crippen molar-refractivity contribution in [2.24, 2.45) is 0 Å². The Kier molecular flexibility index (Phi) is 5.39. The van der Waals surface area contributed by atoms with Gasteiger partial charge in [-0.2, -0.15) is 8.78 Å². The van der Waals surface area contributed by atoms with E-state index >= 15 is 0 Å². The summed E-state index contributed by atoms with van der Waals surface area (Å²) in [6.45, 7) is 0. The van der Waals surface area contributed by atoms with Crippen molar-refractivity contribution >= 4 is 46.6 Å². The molecule has 0 bridgehead atoms. The fourth-order valence-electron chi connectivity index (χ4n) is 1.51. The summed E-state index contributed by atoms with van der Waals surface area (Å²) >= 11 is 11.8. The summed E-state index contributed by atoms with van der Waals surface area (Å²) in [4.78, 5) is 15.9. The number of amides is 1. The van der Waals surface area contributed by atoms with Gasteiger partial charge in [0.05, 0.1) is 15.6 Å². The second-order valence-corrected chi connectivity index (χ2v) is 5.61. The van der Waals surface area contributed by atoms with E-state index in [1.165, 1.54) is 30.5 Å². The minimum Gasteiger partial charge on any atom is -0.322 e. The van der Waals surface area contributed by atoms with Crippen molar-refractivity contribution in [3.05, 3.63) is 52.1 Å². The number of anilines is 1. The molecule has 1 aromatic carbocycles. The first kappa shape index (κ1) is 16.0. The van der Waals surface area contributed by atoms with Crippen molar-refractivity contribution in [3.63, 3.8) is 0 Å². The average molecular weight is 349 g/mol. The van der Waals surface area contributed by atoms with Gasteiger partial charge >= 0.3 is 0 Å². The van der Waals surface area contributed by atoms with E-state index in [2.05, 4.69) is 10.3 Å². The van der Waals surface area contributed by atoms with E-state index in [4.69, 9.17) is 23.2 Å². The normalized spacial score (nSPS) is 10.7. The molecule has 8 heteroatoms. The number of nitrogens with one attached hydrogen (secondary N) is 1. The van der Waals surface area contributed by atoms with Crippen LogP contribution in [0, 0.1) is 0 Å². The van der Waals surface area contributed by atoms with E-state index < -0.39 is 11.7 Å². The molecule has 1 amide bonds. The van der Waals surface area contributed by atoms with Gasteiger partial charge in [-0.05, 0) is 42.1 Å². The van der Waals surface area contributed by atoms with Crippen LogP contribution in [0.2, 0.25) is 10.0 Å². The number of alkyl halides is 2. The highest BCUT2D eigenvalue weighted by Crippen LogP contribution is 2.28. The van der Waals surface area contributed by atoms with Crippen molar-refractivity contribution in [1.82, 2.24) is 4.98 Å². The molecule has 0 aliphatic heterocycles. The van der Waals surface area contributed by atoms with Crippen molar-refractivity contribution < 1.29 is 13.6 Å². The Morgan fingerprint density at radius 2 is 2.00 bits per heavy atom. The quantitative estimate of drug-likeness (QED) is 0.794. The lowest BCUT2D eigenvalue weighted by Crippen LogP contribution is -2.13. The topological polar surface area (TPSA) is 42.0 Å². The van der Waals surface area contributed by atoms with Crippen LogP contribution in [0.15, 0.2) is 41.6 Å². The lowest BCUT2D eigenvalue weighted by atomic mass is 10.2. The summed E-state index contributed by atoms with van der Waals surface area (Å²) in [5.74, 6) is -3.21. The van der Waals surface area contributed by atoms with Crippen molar-refractivity contribution in [1.29, 1.82) is 0 Å². The van der Waals surface area contributed by atoms with Crippen molar-refractivity contribution in [2.45, 2.75) is 10.8 Å². The van der Waals surface area contributed by atoms with Crippen LogP contribution in [-0.2, 0) is 0 Å². The molecule has 0 saturated carbocycles. The first-order chi connectivity index (χ1) is 9.97. The molecule has 3 nitrogen and oxygen atoms in total. The third-order valence-electron chi connectivity index (χ3n) is 2.39. The molecule has 21 heavy (non-hydrogen) atoms. The lowest BCUT2D eigenvalue weighted by molar-refractivity contribution is 0.102. The Morgan fingerprint density at radius 3 is 2.67 bits per heavy atom. The number of hydrogen-bond acceptors (Lipinski definition) is 3. The molecule has 1 heterocycles. The largest absolute Gasteiger partial charge is 0.322 e. The number of carbonyl (C=O) groups is 1. The minimum atomic E-state index is -2.66. The number of pyridine rings is 1. The molecule has 0 atom stereocenters. The molecule has 0 fully saturated rings. The third-order valence-corrected chi connectivity index (χ3v) is 3.86. The number of carbonyl (C=O) groups excluding carboxylic acids is 1. The average Bonchev–Trinajstić information content (AvgIpc) is 2.43. The molecular formula is C13H8Cl2F2N2OS.